The normalized spacial score (nSPS) is 25.8. The van der Waals surface area contributed by atoms with Gasteiger partial charge in [-0.25, -0.2) is 0 Å². The Kier molecular flexibility index (Phi) is 11.9. The molecule has 2 aliphatic rings. The van der Waals surface area contributed by atoms with Crippen LogP contribution in [0.15, 0.2) is 229 Å². The molecule has 0 nitrogen and oxygen atoms in total. The summed E-state index contributed by atoms with van der Waals surface area (Å²) in [5, 5.41) is 2.44. The molecule has 3 aromatic carbocycles. The first-order chi connectivity index (χ1) is 23.2. The van der Waals surface area contributed by atoms with Gasteiger partial charge in [0.1, 0.15) is 0 Å². The molecular weight excluding hydrogens is 565 g/mol. The monoisotopic (exact) mass is 606 g/mol. The molecule has 0 atom stereocenters. The largest absolute Gasteiger partial charge is 0.0949 e. The minimum absolute atomic E-state index is 0.746. The van der Waals surface area contributed by atoms with Gasteiger partial charge in [-0.2, -0.15) is 0 Å². The van der Waals surface area contributed by atoms with Gasteiger partial charge in [0.25, 0.3) is 0 Å². The summed E-state index contributed by atoms with van der Waals surface area (Å²) in [4.78, 5) is 0. The Bertz CT molecular complexity index is 1990. The SMILES string of the molecule is C=C1C\C=C/C(=C\C)C(/c2ccc3cc(-c4ccccc4)ccc3c2)=C/C=C/C2=C(\C=C/C1=C/C=C\C)/C=C/C=C/C=C\C=C/C=C\2. The van der Waals surface area contributed by atoms with E-state index in [-0.39, 0.29) is 0 Å². The maximum Gasteiger partial charge on any atom is -0.00941 e. The molecule has 0 radical (unpaired) electrons. The van der Waals surface area contributed by atoms with Crippen molar-refractivity contribution in [2.75, 3.05) is 0 Å². The van der Waals surface area contributed by atoms with E-state index >= 15 is 0 Å². The lowest BCUT2D eigenvalue weighted by Gasteiger charge is -2.12. The number of fused-ring (bicyclic) bond motifs is 1. The molecule has 0 N–H and O–H groups in total. The second kappa shape index (κ2) is 17.1. The van der Waals surface area contributed by atoms with Crippen molar-refractivity contribution in [3.63, 3.8) is 0 Å². The first-order valence-corrected chi connectivity index (χ1v) is 16.3. The van der Waals surface area contributed by atoms with Gasteiger partial charge < -0.3 is 0 Å². The van der Waals surface area contributed by atoms with Crippen LogP contribution in [-0.2, 0) is 0 Å². The molecule has 0 fully saturated rings. The van der Waals surface area contributed by atoms with Gasteiger partial charge in [0, 0.05) is 0 Å². The van der Waals surface area contributed by atoms with Crippen molar-refractivity contribution in [3.8, 4) is 11.1 Å². The van der Waals surface area contributed by atoms with Gasteiger partial charge in [0.2, 0.25) is 0 Å². The third-order valence-corrected chi connectivity index (χ3v) is 8.06. The van der Waals surface area contributed by atoms with Crippen LogP contribution in [0.2, 0.25) is 0 Å². The van der Waals surface area contributed by atoms with Crippen molar-refractivity contribution in [2.24, 2.45) is 0 Å². The van der Waals surface area contributed by atoms with E-state index in [1.807, 2.05) is 37.3 Å². The third kappa shape index (κ3) is 9.16. The summed E-state index contributed by atoms with van der Waals surface area (Å²) in [6, 6.07) is 24.1. The van der Waals surface area contributed by atoms with E-state index in [9.17, 15) is 0 Å². The molecule has 0 unspecified atom stereocenters. The van der Waals surface area contributed by atoms with E-state index < -0.39 is 0 Å². The second-order valence-corrected chi connectivity index (χ2v) is 11.3. The molecule has 47 heavy (non-hydrogen) atoms. The zero-order valence-electron chi connectivity index (χ0n) is 27.4. The zero-order chi connectivity index (χ0) is 32.7. The van der Waals surface area contributed by atoms with Crippen molar-refractivity contribution in [2.45, 2.75) is 20.3 Å². The van der Waals surface area contributed by atoms with Crippen LogP contribution < -0.4 is 0 Å². The fraction of sp³-hybridized carbons (Fsp3) is 0.0638. The predicted octanol–water partition coefficient (Wildman–Crippen LogP) is 13.1. The van der Waals surface area contributed by atoms with E-state index in [0.29, 0.717) is 0 Å². The fourth-order valence-electron chi connectivity index (χ4n) is 5.49. The minimum Gasteiger partial charge on any atom is -0.0949 e. The molecule has 3 aromatic rings. The fourth-order valence-corrected chi connectivity index (χ4v) is 5.49. The van der Waals surface area contributed by atoms with Gasteiger partial charge in [-0.05, 0) is 93.3 Å². The number of hydrogen-bond acceptors (Lipinski definition) is 0. The van der Waals surface area contributed by atoms with Crippen molar-refractivity contribution in [1.29, 1.82) is 0 Å². The summed E-state index contributed by atoms with van der Waals surface area (Å²) in [5.74, 6) is 0. The van der Waals surface area contributed by atoms with Crippen LogP contribution >= 0.6 is 0 Å². The van der Waals surface area contributed by atoms with Crippen molar-refractivity contribution in [3.05, 3.63) is 234 Å². The molecule has 0 heterocycles. The molecule has 0 saturated heterocycles. The molecule has 0 amide bonds. The summed E-state index contributed by atoms with van der Waals surface area (Å²) in [6.07, 6.45) is 45.4. The smallest absolute Gasteiger partial charge is 0.00941 e. The van der Waals surface area contributed by atoms with E-state index in [0.717, 1.165) is 34.3 Å². The molecule has 0 aliphatic heterocycles. The Morgan fingerprint density at radius 2 is 1.17 bits per heavy atom. The molecule has 5 rings (SSSR count). The first-order valence-electron chi connectivity index (χ1n) is 16.3. The summed E-state index contributed by atoms with van der Waals surface area (Å²) in [7, 11) is 0. The second-order valence-electron chi connectivity index (χ2n) is 11.3. The summed E-state index contributed by atoms with van der Waals surface area (Å²) >= 11 is 0. The summed E-state index contributed by atoms with van der Waals surface area (Å²) < 4.78 is 0. The van der Waals surface area contributed by atoms with Gasteiger partial charge in [-0.15, -0.1) is 0 Å². The highest BCUT2D eigenvalue weighted by molar-refractivity contribution is 5.93. The van der Waals surface area contributed by atoms with Crippen LogP contribution in [0.25, 0.3) is 27.5 Å². The van der Waals surface area contributed by atoms with Crippen LogP contribution in [0.1, 0.15) is 25.8 Å². The topological polar surface area (TPSA) is 0 Å². The van der Waals surface area contributed by atoms with E-state index in [2.05, 4.69) is 177 Å². The summed E-state index contributed by atoms with van der Waals surface area (Å²) in [5.41, 5.74) is 10.3. The van der Waals surface area contributed by atoms with Crippen LogP contribution in [0.3, 0.4) is 0 Å². The standard InChI is InChI=1S/C47H42/c1-4-6-21-39-29-30-42-25-15-12-10-8-7-9-11-14-22-40(42)27-19-28-47(38(5-2)26-18-20-37(39)3)46-34-33-44-35-43(31-32-45(44)36-46)41-23-16-13-17-24-41/h4-19,21-36H,3,20H2,1-2H3/b6-4-,8-7-,9-7?,10-8?,11-9-,12-10+,14-11?,15-12?,22-14-,25-15+,26-18-,27-19+,30-29-,38-5+,39-21-,40-22?,42-25?,42-40-,47-28-. The van der Waals surface area contributed by atoms with Crippen LogP contribution in [0.5, 0.6) is 0 Å². The minimum atomic E-state index is 0.746. The molecule has 0 aromatic heterocycles. The Hall–Kier alpha value is -5.72. The first kappa shape index (κ1) is 32.7. The Labute approximate surface area is 281 Å². The summed E-state index contributed by atoms with van der Waals surface area (Å²) in [6.45, 7) is 8.61. The number of rotatable bonds is 3. The Balaban J connectivity index is 1.64. The molecular formula is C47H42. The average Bonchev–Trinajstić information content (AvgIpc) is 3.10. The van der Waals surface area contributed by atoms with Crippen LogP contribution in [-0.4, -0.2) is 0 Å². The lowest BCUT2D eigenvalue weighted by atomic mass is 9.92. The molecule has 0 heteroatoms. The molecule has 230 valence electrons. The highest BCUT2D eigenvalue weighted by Gasteiger charge is 2.08. The maximum atomic E-state index is 4.47. The van der Waals surface area contributed by atoms with Gasteiger partial charge in [-0.3, -0.25) is 0 Å². The lowest BCUT2D eigenvalue weighted by molar-refractivity contribution is 1.25. The number of hydrogen-bond donors (Lipinski definition) is 0. The lowest BCUT2D eigenvalue weighted by Crippen LogP contribution is -1.91. The predicted molar refractivity (Wildman–Crippen MR) is 208 cm³/mol. The van der Waals surface area contributed by atoms with E-state index in [4.69, 9.17) is 0 Å². The molecule has 0 bridgehead atoms. The van der Waals surface area contributed by atoms with Crippen molar-refractivity contribution < 1.29 is 0 Å². The van der Waals surface area contributed by atoms with Gasteiger partial charge in [0.15, 0.2) is 0 Å². The molecule has 2 aliphatic carbocycles. The zero-order valence-corrected chi connectivity index (χ0v) is 27.4. The van der Waals surface area contributed by atoms with E-state index in [1.54, 1.807) is 0 Å². The Morgan fingerprint density at radius 1 is 0.553 bits per heavy atom. The maximum absolute atomic E-state index is 4.47. The van der Waals surface area contributed by atoms with Crippen molar-refractivity contribution >= 4 is 16.3 Å². The highest BCUT2D eigenvalue weighted by Crippen LogP contribution is 2.31. The molecule has 0 spiro atoms. The van der Waals surface area contributed by atoms with Gasteiger partial charge in [-0.1, -0.05) is 189 Å². The molecule has 0 saturated carbocycles. The third-order valence-electron chi connectivity index (χ3n) is 8.06. The van der Waals surface area contributed by atoms with Crippen LogP contribution in [0, 0.1) is 0 Å². The van der Waals surface area contributed by atoms with Crippen molar-refractivity contribution in [1.82, 2.24) is 0 Å². The van der Waals surface area contributed by atoms with E-state index in [1.165, 1.54) is 33.0 Å². The number of allylic oxidation sites excluding steroid dienone is 27. The van der Waals surface area contributed by atoms with Crippen LogP contribution in [0.4, 0.5) is 0 Å². The quantitative estimate of drug-likeness (QED) is 0.278. The van der Waals surface area contributed by atoms with Gasteiger partial charge >= 0.3 is 0 Å². The van der Waals surface area contributed by atoms with Gasteiger partial charge in [0.05, 0.1) is 0 Å². The number of benzene rings is 3. The highest BCUT2D eigenvalue weighted by atomic mass is 14.1. The average molecular weight is 607 g/mol. The Morgan fingerprint density at radius 3 is 1.85 bits per heavy atom.